The number of aldehydes is 1. The Bertz CT molecular complexity index is 323. The van der Waals surface area contributed by atoms with Crippen LogP contribution >= 0.6 is 0 Å². The van der Waals surface area contributed by atoms with E-state index < -0.39 is 0 Å². The van der Waals surface area contributed by atoms with E-state index in [1.165, 1.54) is 5.56 Å². The van der Waals surface area contributed by atoms with Crippen LogP contribution in [0.5, 0.6) is 5.75 Å². The van der Waals surface area contributed by atoms with Crippen LogP contribution in [-0.4, -0.2) is 13.4 Å². The monoisotopic (exact) mass is 190 g/mol. The highest BCUT2D eigenvalue weighted by molar-refractivity contribution is 5.72. The molecule has 74 valence electrons. The smallest absolute Gasteiger partial charge is 0.145 e. The van der Waals surface area contributed by atoms with Gasteiger partial charge in [0, 0.05) is 0 Å². The maximum absolute atomic E-state index is 10.3. The second-order valence-corrected chi connectivity index (χ2v) is 3.12. The molecule has 0 saturated heterocycles. The van der Waals surface area contributed by atoms with Crippen molar-refractivity contribution in [3.63, 3.8) is 0 Å². The van der Waals surface area contributed by atoms with E-state index in [2.05, 4.69) is 0 Å². The van der Waals surface area contributed by atoms with Gasteiger partial charge in [-0.3, -0.25) is 4.79 Å². The van der Waals surface area contributed by atoms with Crippen LogP contribution in [0.2, 0.25) is 0 Å². The van der Waals surface area contributed by atoms with Crippen LogP contribution in [0.1, 0.15) is 12.5 Å². The van der Waals surface area contributed by atoms with Gasteiger partial charge in [-0.15, -0.1) is 0 Å². The third kappa shape index (κ3) is 3.05. The van der Waals surface area contributed by atoms with Crippen molar-refractivity contribution < 1.29 is 9.53 Å². The molecule has 0 aliphatic carbocycles. The van der Waals surface area contributed by atoms with E-state index in [1.54, 1.807) is 14.0 Å². The number of benzene rings is 1. The maximum atomic E-state index is 10.3. The van der Waals surface area contributed by atoms with Crippen molar-refractivity contribution >= 4 is 6.29 Å². The molecule has 2 heteroatoms. The molecular weight excluding hydrogens is 176 g/mol. The van der Waals surface area contributed by atoms with E-state index in [-0.39, 0.29) is 0 Å². The van der Waals surface area contributed by atoms with Crippen molar-refractivity contribution in [1.82, 2.24) is 0 Å². The van der Waals surface area contributed by atoms with Gasteiger partial charge in [0.1, 0.15) is 12.0 Å². The first-order chi connectivity index (χ1) is 6.76. The van der Waals surface area contributed by atoms with Crippen molar-refractivity contribution in [1.29, 1.82) is 0 Å². The first-order valence-corrected chi connectivity index (χ1v) is 4.51. The third-order valence-corrected chi connectivity index (χ3v) is 2.00. The second-order valence-electron chi connectivity index (χ2n) is 3.12. The van der Waals surface area contributed by atoms with Gasteiger partial charge in [0.05, 0.1) is 7.11 Å². The molecule has 0 bridgehead atoms. The van der Waals surface area contributed by atoms with Crippen LogP contribution in [0.4, 0.5) is 0 Å². The molecule has 1 aromatic rings. The molecule has 0 aromatic heterocycles. The number of methoxy groups -OCH3 is 1. The molecule has 14 heavy (non-hydrogen) atoms. The summed E-state index contributed by atoms with van der Waals surface area (Å²) < 4.78 is 5.04. The molecule has 1 aromatic carbocycles. The number of rotatable bonds is 4. The van der Waals surface area contributed by atoms with E-state index in [4.69, 9.17) is 4.74 Å². The van der Waals surface area contributed by atoms with Gasteiger partial charge in [0.25, 0.3) is 0 Å². The average Bonchev–Trinajstić information content (AvgIpc) is 2.26. The quantitative estimate of drug-likeness (QED) is 0.538. The molecule has 0 fully saturated rings. The van der Waals surface area contributed by atoms with Crippen LogP contribution in [-0.2, 0) is 11.2 Å². The maximum Gasteiger partial charge on any atom is 0.145 e. The van der Waals surface area contributed by atoms with Gasteiger partial charge in [-0.05, 0) is 36.6 Å². The van der Waals surface area contributed by atoms with Crippen LogP contribution < -0.4 is 4.74 Å². The second kappa shape index (κ2) is 5.22. The molecule has 2 nitrogen and oxygen atoms in total. The molecule has 0 radical (unpaired) electrons. The minimum absolute atomic E-state index is 0.765. The molecule has 0 unspecified atom stereocenters. The lowest BCUT2D eigenvalue weighted by Crippen LogP contribution is -1.86. The zero-order valence-electron chi connectivity index (χ0n) is 8.49. The van der Waals surface area contributed by atoms with E-state index in [1.807, 2.05) is 30.3 Å². The van der Waals surface area contributed by atoms with Crippen molar-refractivity contribution in [3.8, 4) is 5.75 Å². The summed E-state index contributed by atoms with van der Waals surface area (Å²) in [5.41, 5.74) is 1.94. The van der Waals surface area contributed by atoms with Gasteiger partial charge in [-0.25, -0.2) is 0 Å². The zero-order chi connectivity index (χ0) is 10.4. The van der Waals surface area contributed by atoms with E-state index in [0.29, 0.717) is 0 Å². The van der Waals surface area contributed by atoms with Crippen LogP contribution in [0.3, 0.4) is 0 Å². The van der Waals surface area contributed by atoms with Gasteiger partial charge in [0.15, 0.2) is 0 Å². The summed E-state index contributed by atoms with van der Waals surface area (Å²) in [5.74, 6) is 0.852. The minimum atomic E-state index is 0.765. The number of hydrogen-bond acceptors (Lipinski definition) is 2. The van der Waals surface area contributed by atoms with E-state index in [0.717, 1.165) is 24.0 Å². The van der Waals surface area contributed by atoms with Crippen LogP contribution in [0.25, 0.3) is 0 Å². The topological polar surface area (TPSA) is 26.3 Å². The van der Waals surface area contributed by atoms with Crippen molar-refractivity contribution in [2.75, 3.05) is 7.11 Å². The molecule has 0 amide bonds. The molecule has 0 spiro atoms. The van der Waals surface area contributed by atoms with Crippen molar-refractivity contribution in [2.24, 2.45) is 0 Å². The highest BCUT2D eigenvalue weighted by Gasteiger charge is 1.92. The lowest BCUT2D eigenvalue weighted by atomic mass is 10.1. The molecule has 0 atom stereocenters. The zero-order valence-corrected chi connectivity index (χ0v) is 8.49. The third-order valence-electron chi connectivity index (χ3n) is 2.00. The number of allylic oxidation sites excluding steroid dienone is 2. The Morgan fingerprint density at radius 1 is 1.36 bits per heavy atom. The summed E-state index contributed by atoms with van der Waals surface area (Å²) in [6, 6.07) is 7.82. The lowest BCUT2D eigenvalue weighted by Gasteiger charge is -2.00. The molecular formula is C12H14O2. The average molecular weight is 190 g/mol. The first-order valence-electron chi connectivity index (χ1n) is 4.51. The normalized spacial score (nSPS) is 11.1. The summed E-state index contributed by atoms with van der Waals surface area (Å²) in [6.07, 6.45) is 3.56. The fraction of sp³-hybridized carbons (Fsp3) is 0.250. The van der Waals surface area contributed by atoms with Gasteiger partial charge >= 0.3 is 0 Å². The molecule has 0 saturated carbocycles. The number of carbonyl (C=O) groups excluding carboxylic acids is 1. The van der Waals surface area contributed by atoms with E-state index in [9.17, 15) is 4.79 Å². The Labute approximate surface area is 84.2 Å². The largest absolute Gasteiger partial charge is 0.497 e. The molecule has 0 aliphatic heterocycles. The lowest BCUT2D eigenvalue weighted by molar-refractivity contribution is -0.104. The summed E-state index contributed by atoms with van der Waals surface area (Å²) in [5, 5.41) is 0. The van der Waals surface area contributed by atoms with Gasteiger partial charge in [-0.2, -0.15) is 0 Å². The highest BCUT2D eigenvalue weighted by atomic mass is 16.5. The Morgan fingerprint density at radius 2 is 2.00 bits per heavy atom. The summed E-state index contributed by atoms with van der Waals surface area (Å²) in [7, 11) is 1.64. The fourth-order valence-electron chi connectivity index (χ4n) is 1.09. The number of carbonyl (C=O) groups is 1. The SMILES string of the molecule is COc1ccc(C/C=C(\C)C=O)cc1. The summed E-state index contributed by atoms with van der Waals surface area (Å²) in [6.45, 7) is 1.80. The Balaban J connectivity index is 2.64. The summed E-state index contributed by atoms with van der Waals surface area (Å²) in [4.78, 5) is 10.3. The molecule has 1 rings (SSSR count). The number of hydrogen-bond donors (Lipinski definition) is 0. The Kier molecular flexibility index (Phi) is 3.92. The van der Waals surface area contributed by atoms with Gasteiger partial charge in [0.2, 0.25) is 0 Å². The predicted molar refractivity (Wildman–Crippen MR) is 56.5 cm³/mol. The Morgan fingerprint density at radius 3 is 2.50 bits per heavy atom. The standard InChI is InChI=1S/C12H14O2/c1-10(9-13)3-4-11-5-7-12(14-2)8-6-11/h3,5-9H,4H2,1-2H3/b10-3+. The fourth-order valence-corrected chi connectivity index (χ4v) is 1.09. The van der Waals surface area contributed by atoms with Crippen LogP contribution in [0.15, 0.2) is 35.9 Å². The predicted octanol–water partition coefficient (Wildman–Crippen LogP) is 2.38. The first kappa shape index (κ1) is 10.5. The van der Waals surface area contributed by atoms with Crippen molar-refractivity contribution in [2.45, 2.75) is 13.3 Å². The van der Waals surface area contributed by atoms with Crippen molar-refractivity contribution in [3.05, 3.63) is 41.5 Å². The van der Waals surface area contributed by atoms with Gasteiger partial charge in [-0.1, -0.05) is 18.2 Å². The Hall–Kier alpha value is -1.57. The number of ether oxygens (including phenoxy) is 1. The molecule has 0 aliphatic rings. The van der Waals surface area contributed by atoms with Gasteiger partial charge < -0.3 is 4.74 Å². The summed E-state index contributed by atoms with van der Waals surface area (Å²) >= 11 is 0. The molecule has 0 N–H and O–H groups in total. The molecule has 0 heterocycles. The highest BCUT2D eigenvalue weighted by Crippen LogP contribution is 2.12. The van der Waals surface area contributed by atoms with Crippen LogP contribution in [0, 0.1) is 0 Å². The minimum Gasteiger partial charge on any atom is -0.497 e. The van der Waals surface area contributed by atoms with E-state index >= 15 is 0 Å².